The smallest absolute Gasteiger partial charge is 0.293 e. The molecule has 50 valence electrons. The van der Waals surface area contributed by atoms with Gasteiger partial charge in [0.25, 0.3) is 10.1 Å². The number of hydrogen-bond donors (Lipinski definition) is 1. The molecule has 0 aromatic rings. The molecule has 1 N–H and O–H groups in total. The third-order valence-corrected chi connectivity index (χ3v) is 1.95. The molecule has 4 nitrogen and oxygen atoms in total. The molecule has 0 amide bonds. The summed E-state index contributed by atoms with van der Waals surface area (Å²) in [6.07, 6.45) is 0. The van der Waals surface area contributed by atoms with E-state index in [9.17, 15) is 8.42 Å². The van der Waals surface area contributed by atoms with E-state index in [4.69, 9.17) is 5.11 Å². The second kappa shape index (κ2) is 2.43. The molecule has 8 heavy (non-hydrogen) atoms. The van der Waals surface area contributed by atoms with Crippen LogP contribution in [0.15, 0.2) is 0 Å². The first kappa shape index (κ1) is 7.87. The van der Waals surface area contributed by atoms with E-state index in [1.807, 2.05) is 0 Å². The third-order valence-electron chi connectivity index (χ3n) is 0.650. The lowest BCUT2D eigenvalue weighted by Crippen LogP contribution is -2.17. The van der Waals surface area contributed by atoms with Crippen molar-refractivity contribution in [1.29, 1.82) is 0 Å². The molecular weight excluding hydrogens is 132 g/mol. The summed E-state index contributed by atoms with van der Waals surface area (Å²) >= 11 is 0. The summed E-state index contributed by atoms with van der Waals surface area (Å²) < 4.78 is 24.4. The monoisotopic (exact) mass is 140 g/mol. The van der Waals surface area contributed by atoms with E-state index in [2.05, 4.69) is 4.18 Å². The van der Waals surface area contributed by atoms with Crippen molar-refractivity contribution in [2.45, 2.75) is 12.4 Å². The second-order valence-corrected chi connectivity index (χ2v) is 3.26. The summed E-state index contributed by atoms with van der Waals surface area (Å²) in [5.41, 5.74) is -1.44. The quantitative estimate of drug-likeness (QED) is 0.515. The van der Waals surface area contributed by atoms with E-state index >= 15 is 0 Å². The molecule has 0 saturated heterocycles. The lowest BCUT2D eigenvalue weighted by Gasteiger charge is -2.00. The molecule has 5 heteroatoms. The van der Waals surface area contributed by atoms with Gasteiger partial charge in [0.1, 0.15) is 0 Å². The van der Waals surface area contributed by atoms with Gasteiger partial charge in [-0.25, -0.2) is 0 Å². The Morgan fingerprint density at radius 3 is 2.00 bits per heavy atom. The molecule has 0 aliphatic carbocycles. The minimum atomic E-state index is -3.68. The Labute approximate surface area is 48.2 Å². The zero-order valence-corrected chi connectivity index (χ0v) is 5.47. The summed E-state index contributed by atoms with van der Waals surface area (Å²) in [6, 6.07) is 0. The van der Waals surface area contributed by atoms with Gasteiger partial charge in [0.05, 0.1) is 7.11 Å². The number of hydrogen-bond acceptors (Lipinski definition) is 4. The van der Waals surface area contributed by atoms with Crippen LogP contribution < -0.4 is 0 Å². The number of aliphatic hydroxyl groups excluding tert-OH is 1. The van der Waals surface area contributed by atoms with E-state index in [0.29, 0.717) is 0 Å². The van der Waals surface area contributed by atoms with Gasteiger partial charge in [0.15, 0.2) is 5.44 Å². The van der Waals surface area contributed by atoms with Crippen molar-refractivity contribution in [2.24, 2.45) is 0 Å². The number of rotatable bonds is 2. The molecule has 0 aliphatic rings. The van der Waals surface area contributed by atoms with Gasteiger partial charge in [0.2, 0.25) is 0 Å². The van der Waals surface area contributed by atoms with Gasteiger partial charge in [-0.3, -0.25) is 4.18 Å². The Morgan fingerprint density at radius 1 is 1.62 bits per heavy atom. The van der Waals surface area contributed by atoms with Crippen molar-refractivity contribution in [2.75, 3.05) is 7.11 Å². The minimum absolute atomic E-state index is 1.00. The van der Waals surface area contributed by atoms with Crippen molar-refractivity contribution < 1.29 is 17.7 Å². The Hall–Kier alpha value is -0.130. The maximum absolute atomic E-state index is 10.2. The van der Waals surface area contributed by atoms with Gasteiger partial charge in [-0.15, -0.1) is 0 Å². The van der Waals surface area contributed by atoms with Crippen molar-refractivity contribution in [1.82, 2.24) is 0 Å². The highest BCUT2D eigenvalue weighted by atomic mass is 32.2. The van der Waals surface area contributed by atoms with Gasteiger partial charge in [0, 0.05) is 0 Å². The zero-order valence-electron chi connectivity index (χ0n) is 4.66. The highest BCUT2D eigenvalue weighted by molar-refractivity contribution is 7.87. The van der Waals surface area contributed by atoms with Crippen LogP contribution in [0.5, 0.6) is 0 Å². The molecule has 0 aromatic heterocycles. The van der Waals surface area contributed by atoms with E-state index in [-0.39, 0.29) is 0 Å². The maximum atomic E-state index is 10.2. The third kappa shape index (κ3) is 1.77. The summed E-state index contributed by atoms with van der Waals surface area (Å²) in [4.78, 5) is 0. The van der Waals surface area contributed by atoms with Crippen LogP contribution in [0.2, 0.25) is 0 Å². The summed E-state index contributed by atoms with van der Waals surface area (Å²) in [5, 5.41) is 8.37. The number of aliphatic hydroxyl groups is 1. The van der Waals surface area contributed by atoms with Crippen molar-refractivity contribution in [3.63, 3.8) is 0 Å². The fourth-order valence-corrected chi connectivity index (χ4v) is 0.418. The predicted octanol–water partition coefficient (Wildman–Crippen LogP) is -0.699. The highest BCUT2D eigenvalue weighted by Gasteiger charge is 2.15. The van der Waals surface area contributed by atoms with E-state index in [0.717, 1.165) is 14.0 Å². The molecule has 0 saturated carbocycles. The van der Waals surface area contributed by atoms with Gasteiger partial charge >= 0.3 is 0 Å². The van der Waals surface area contributed by atoms with Gasteiger partial charge < -0.3 is 5.11 Å². The highest BCUT2D eigenvalue weighted by Crippen LogP contribution is 1.95. The summed E-state index contributed by atoms with van der Waals surface area (Å²) in [7, 11) is -2.68. The first-order chi connectivity index (χ1) is 3.50. The maximum Gasteiger partial charge on any atom is 0.293 e. The average molecular weight is 140 g/mol. The van der Waals surface area contributed by atoms with Crippen LogP contribution in [0, 0.1) is 0 Å². The first-order valence-electron chi connectivity index (χ1n) is 1.98. The van der Waals surface area contributed by atoms with Crippen molar-refractivity contribution in [3.05, 3.63) is 0 Å². The average Bonchev–Trinajstić information content (AvgIpc) is 1.67. The molecule has 0 bridgehead atoms. The Morgan fingerprint density at radius 2 is 2.00 bits per heavy atom. The standard InChI is InChI=1S/C3H8O4S/c1-3(4)8(5,6)7-2/h3-4H,1-2H3. The minimum Gasteiger partial charge on any atom is -0.375 e. The lowest BCUT2D eigenvalue weighted by molar-refractivity contribution is 0.241. The van der Waals surface area contributed by atoms with Crippen LogP contribution in [0.4, 0.5) is 0 Å². The van der Waals surface area contributed by atoms with E-state index in [1.54, 1.807) is 0 Å². The first-order valence-corrected chi connectivity index (χ1v) is 3.45. The summed E-state index contributed by atoms with van der Waals surface area (Å²) in [6.45, 7) is 1.12. The topological polar surface area (TPSA) is 63.6 Å². The Kier molecular flexibility index (Phi) is 2.39. The van der Waals surface area contributed by atoms with Crippen LogP contribution in [0.1, 0.15) is 6.92 Å². The zero-order chi connectivity index (χ0) is 6.78. The van der Waals surface area contributed by atoms with Crippen molar-refractivity contribution in [3.8, 4) is 0 Å². The lowest BCUT2D eigenvalue weighted by atomic mass is 10.9. The molecule has 0 fully saturated rings. The van der Waals surface area contributed by atoms with Crippen LogP contribution in [0.3, 0.4) is 0 Å². The largest absolute Gasteiger partial charge is 0.375 e. The van der Waals surface area contributed by atoms with Crippen molar-refractivity contribution >= 4 is 10.1 Å². The molecule has 0 radical (unpaired) electrons. The second-order valence-electron chi connectivity index (χ2n) is 1.26. The molecule has 1 atom stereocenters. The van der Waals surface area contributed by atoms with Crippen LogP contribution in [-0.4, -0.2) is 26.1 Å². The fourth-order valence-electron chi connectivity index (χ4n) is 0.139. The summed E-state index contributed by atoms with van der Waals surface area (Å²) in [5.74, 6) is 0. The van der Waals surface area contributed by atoms with Gasteiger partial charge in [-0.05, 0) is 6.92 Å². The van der Waals surface area contributed by atoms with Crippen LogP contribution in [-0.2, 0) is 14.3 Å². The molecule has 0 rings (SSSR count). The Balaban J connectivity index is 4.17. The molecule has 1 unspecified atom stereocenters. The Bertz CT molecular complexity index is 145. The SMILES string of the molecule is COS(=O)(=O)C(C)O. The molecule has 0 aliphatic heterocycles. The van der Waals surface area contributed by atoms with E-state index in [1.165, 1.54) is 0 Å². The van der Waals surface area contributed by atoms with Crippen LogP contribution in [0.25, 0.3) is 0 Å². The fraction of sp³-hybridized carbons (Fsp3) is 1.00. The molecular formula is C3H8O4S. The molecule has 0 heterocycles. The predicted molar refractivity (Wildman–Crippen MR) is 27.6 cm³/mol. The normalized spacial score (nSPS) is 15.9. The van der Waals surface area contributed by atoms with Gasteiger partial charge in [-0.1, -0.05) is 0 Å². The van der Waals surface area contributed by atoms with Crippen LogP contribution >= 0.6 is 0 Å². The van der Waals surface area contributed by atoms with Gasteiger partial charge in [-0.2, -0.15) is 8.42 Å². The molecule has 0 spiro atoms. The molecule has 0 aromatic carbocycles. The van der Waals surface area contributed by atoms with E-state index < -0.39 is 15.6 Å².